The maximum absolute atomic E-state index is 12.9. The molecule has 1 aromatic carbocycles. The molecule has 13 heavy (non-hydrogen) atoms. The first kappa shape index (κ1) is 12.8. The van der Waals surface area contributed by atoms with Gasteiger partial charge in [-0.05, 0) is 33.6 Å². The summed E-state index contributed by atoms with van der Waals surface area (Å²) < 4.78 is 13.3. The van der Waals surface area contributed by atoms with Crippen molar-refractivity contribution >= 4 is 28.3 Å². The van der Waals surface area contributed by atoms with Gasteiger partial charge in [0.1, 0.15) is 5.82 Å². The number of aliphatic hydroxyl groups is 1. The molecule has 1 rings (SSSR count). The van der Waals surface area contributed by atoms with Gasteiger partial charge < -0.3 is 10.8 Å². The third-order valence-corrected chi connectivity index (χ3v) is 2.21. The van der Waals surface area contributed by atoms with Crippen LogP contribution in [-0.4, -0.2) is 11.7 Å². The maximum atomic E-state index is 12.9. The molecule has 1 atom stereocenters. The van der Waals surface area contributed by atoms with Crippen LogP contribution in [0.25, 0.3) is 0 Å². The number of nitrogens with two attached hydrogens (primary N) is 1. The Hall–Kier alpha value is -0.160. The Balaban J connectivity index is 0.00000144. The lowest BCUT2D eigenvalue weighted by molar-refractivity contribution is 0.268. The standard InChI is InChI=1S/C8H9BrFNO.ClH/c9-6-2-1-5(3-7(6)10)8(11)4-12;/h1-3,8,12H,4,11H2;1H/t8-;/m1./s1. The summed E-state index contributed by atoms with van der Waals surface area (Å²) in [4.78, 5) is 0. The zero-order valence-electron chi connectivity index (χ0n) is 6.71. The second kappa shape index (κ2) is 5.54. The fourth-order valence-corrected chi connectivity index (χ4v) is 1.10. The van der Waals surface area contributed by atoms with Crippen LogP contribution in [-0.2, 0) is 0 Å². The lowest BCUT2D eigenvalue weighted by atomic mass is 10.1. The van der Waals surface area contributed by atoms with Gasteiger partial charge in [-0.25, -0.2) is 4.39 Å². The van der Waals surface area contributed by atoms with Crippen molar-refractivity contribution in [3.8, 4) is 0 Å². The van der Waals surface area contributed by atoms with Crippen LogP contribution in [0.3, 0.4) is 0 Å². The molecule has 3 N–H and O–H groups in total. The molecule has 0 bridgehead atoms. The van der Waals surface area contributed by atoms with Gasteiger partial charge in [-0.3, -0.25) is 0 Å². The molecule has 0 aliphatic heterocycles. The van der Waals surface area contributed by atoms with Crippen molar-refractivity contribution < 1.29 is 9.50 Å². The monoisotopic (exact) mass is 269 g/mol. The van der Waals surface area contributed by atoms with Crippen molar-refractivity contribution in [1.82, 2.24) is 0 Å². The highest BCUT2D eigenvalue weighted by Crippen LogP contribution is 2.19. The molecule has 0 spiro atoms. The van der Waals surface area contributed by atoms with Crippen molar-refractivity contribution in [2.24, 2.45) is 5.73 Å². The van der Waals surface area contributed by atoms with Gasteiger partial charge in [-0.1, -0.05) is 6.07 Å². The van der Waals surface area contributed by atoms with Crippen LogP contribution in [0.15, 0.2) is 22.7 Å². The molecule has 0 heterocycles. The minimum Gasteiger partial charge on any atom is -0.394 e. The fraction of sp³-hybridized carbons (Fsp3) is 0.250. The summed E-state index contributed by atoms with van der Waals surface area (Å²) >= 11 is 3.02. The summed E-state index contributed by atoms with van der Waals surface area (Å²) in [7, 11) is 0. The Morgan fingerprint density at radius 2 is 2.15 bits per heavy atom. The predicted molar refractivity (Wildman–Crippen MR) is 55.4 cm³/mol. The zero-order chi connectivity index (χ0) is 9.14. The van der Waals surface area contributed by atoms with Crippen molar-refractivity contribution in [3.05, 3.63) is 34.1 Å². The highest BCUT2D eigenvalue weighted by atomic mass is 79.9. The first-order valence-electron chi connectivity index (χ1n) is 3.46. The summed E-state index contributed by atoms with van der Waals surface area (Å²) in [6, 6.07) is 4.05. The van der Waals surface area contributed by atoms with Crippen LogP contribution in [0.4, 0.5) is 4.39 Å². The molecule has 0 amide bonds. The van der Waals surface area contributed by atoms with E-state index in [2.05, 4.69) is 15.9 Å². The van der Waals surface area contributed by atoms with E-state index < -0.39 is 6.04 Å². The second-order valence-corrected chi connectivity index (χ2v) is 3.32. The number of halogens is 3. The van der Waals surface area contributed by atoms with E-state index in [1.54, 1.807) is 12.1 Å². The van der Waals surface area contributed by atoms with Crippen molar-refractivity contribution in [3.63, 3.8) is 0 Å². The van der Waals surface area contributed by atoms with Crippen LogP contribution in [0, 0.1) is 5.82 Å². The van der Waals surface area contributed by atoms with Gasteiger partial charge in [0, 0.05) is 0 Å². The van der Waals surface area contributed by atoms with Crippen LogP contribution in [0.1, 0.15) is 11.6 Å². The molecule has 1 aromatic rings. The highest BCUT2D eigenvalue weighted by molar-refractivity contribution is 9.10. The van der Waals surface area contributed by atoms with Gasteiger partial charge >= 0.3 is 0 Å². The minimum atomic E-state index is -0.507. The SMILES string of the molecule is Cl.N[C@H](CO)c1ccc(Br)c(F)c1. The Morgan fingerprint density at radius 1 is 1.54 bits per heavy atom. The average molecular weight is 271 g/mol. The first-order valence-corrected chi connectivity index (χ1v) is 4.26. The normalized spacial score (nSPS) is 12.0. The molecule has 0 aliphatic rings. The first-order chi connectivity index (χ1) is 5.65. The maximum Gasteiger partial charge on any atom is 0.137 e. The van der Waals surface area contributed by atoms with Gasteiger partial charge in [-0.2, -0.15) is 0 Å². The summed E-state index contributed by atoms with van der Waals surface area (Å²) in [5.41, 5.74) is 6.08. The van der Waals surface area contributed by atoms with Gasteiger partial charge in [0.25, 0.3) is 0 Å². The second-order valence-electron chi connectivity index (χ2n) is 2.46. The number of benzene rings is 1. The van der Waals surface area contributed by atoms with Crippen LogP contribution >= 0.6 is 28.3 Å². The summed E-state index contributed by atoms with van der Waals surface area (Å²) in [5, 5.41) is 8.69. The van der Waals surface area contributed by atoms with Gasteiger partial charge in [-0.15, -0.1) is 12.4 Å². The number of aliphatic hydroxyl groups excluding tert-OH is 1. The minimum absolute atomic E-state index is 0. The fourth-order valence-electron chi connectivity index (χ4n) is 0.848. The van der Waals surface area contributed by atoms with Crippen LogP contribution in [0.2, 0.25) is 0 Å². The van der Waals surface area contributed by atoms with E-state index in [9.17, 15) is 4.39 Å². The van der Waals surface area contributed by atoms with Gasteiger partial charge in [0.2, 0.25) is 0 Å². The zero-order valence-corrected chi connectivity index (χ0v) is 9.11. The summed E-state index contributed by atoms with van der Waals surface area (Å²) in [6.45, 7) is -0.179. The summed E-state index contributed by atoms with van der Waals surface area (Å²) in [5.74, 6) is -0.364. The van der Waals surface area contributed by atoms with E-state index in [0.717, 1.165) is 0 Å². The molecular formula is C8H10BrClFNO. The Labute approximate surface area is 90.5 Å². The van der Waals surface area contributed by atoms with E-state index >= 15 is 0 Å². The molecular weight excluding hydrogens is 260 g/mol. The van der Waals surface area contributed by atoms with Gasteiger partial charge in [0.15, 0.2) is 0 Å². The molecule has 5 heteroatoms. The molecule has 0 saturated carbocycles. The molecule has 0 radical (unpaired) electrons. The molecule has 0 aromatic heterocycles. The van der Waals surface area contributed by atoms with E-state index in [0.29, 0.717) is 10.0 Å². The molecule has 0 saturated heterocycles. The van der Waals surface area contributed by atoms with E-state index in [4.69, 9.17) is 10.8 Å². The van der Waals surface area contributed by atoms with Gasteiger partial charge in [0.05, 0.1) is 17.1 Å². The summed E-state index contributed by atoms with van der Waals surface area (Å²) in [6.07, 6.45) is 0. The molecule has 2 nitrogen and oxygen atoms in total. The van der Waals surface area contributed by atoms with Crippen LogP contribution in [0.5, 0.6) is 0 Å². The van der Waals surface area contributed by atoms with Crippen LogP contribution < -0.4 is 5.73 Å². The Morgan fingerprint density at radius 3 is 2.62 bits per heavy atom. The predicted octanol–water partition coefficient (Wildman–Crippen LogP) is 2.00. The smallest absolute Gasteiger partial charge is 0.137 e. The number of rotatable bonds is 2. The molecule has 0 fully saturated rings. The van der Waals surface area contributed by atoms with E-state index in [1.165, 1.54) is 6.07 Å². The highest BCUT2D eigenvalue weighted by Gasteiger charge is 2.06. The lowest BCUT2D eigenvalue weighted by Gasteiger charge is -2.08. The average Bonchev–Trinajstić information content (AvgIpc) is 2.08. The molecule has 0 aliphatic carbocycles. The Kier molecular flexibility index (Phi) is 5.48. The molecule has 74 valence electrons. The number of hydrogen-bond acceptors (Lipinski definition) is 2. The largest absolute Gasteiger partial charge is 0.394 e. The topological polar surface area (TPSA) is 46.2 Å². The van der Waals surface area contributed by atoms with Crippen molar-refractivity contribution in [2.75, 3.05) is 6.61 Å². The lowest BCUT2D eigenvalue weighted by Crippen LogP contribution is -2.14. The molecule has 0 unspecified atom stereocenters. The van der Waals surface area contributed by atoms with Crippen molar-refractivity contribution in [1.29, 1.82) is 0 Å². The third-order valence-electron chi connectivity index (χ3n) is 1.57. The van der Waals surface area contributed by atoms with E-state index in [1.807, 2.05) is 0 Å². The third kappa shape index (κ3) is 3.23. The Bertz CT molecular complexity index is 285. The quantitative estimate of drug-likeness (QED) is 0.863. The van der Waals surface area contributed by atoms with E-state index in [-0.39, 0.29) is 24.8 Å². The number of hydrogen-bond donors (Lipinski definition) is 2. The van der Waals surface area contributed by atoms with Crippen molar-refractivity contribution in [2.45, 2.75) is 6.04 Å².